The molecular weight excluding hydrogens is 300 g/mol. The van der Waals surface area contributed by atoms with Gasteiger partial charge in [0, 0.05) is 23.2 Å². The van der Waals surface area contributed by atoms with Crippen molar-refractivity contribution in [2.75, 3.05) is 14.2 Å². The molecule has 116 valence electrons. The highest BCUT2D eigenvalue weighted by molar-refractivity contribution is 7.09. The number of nitrogens with one attached hydrogen (secondary N) is 1. The number of aryl methyl sites for hydroxylation is 1. The first kappa shape index (κ1) is 16.0. The van der Waals surface area contributed by atoms with E-state index in [-0.39, 0.29) is 5.91 Å². The topological polar surface area (TPSA) is 60.5 Å². The summed E-state index contributed by atoms with van der Waals surface area (Å²) in [5, 5.41) is 5.65. The number of hydrogen-bond acceptors (Lipinski definition) is 5. The third-order valence-electron chi connectivity index (χ3n) is 2.88. The van der Waals surface area contributed by atoms with Gasteiger partial charge in [0.15, 0.2) is 0 Å². The number of amides is 1. The number of hydrogen-bond donors (Lipinski definition) is 1. The Morgan fingerprint density at radius 1 is 1.27 bits per heavy atom. The van der Waals surface area contributed by atoms with Crippen LogP contribution in [0.25, 0.3) is 6.08 Å². The van der Waals surface area contributed by atoms with Crippen molar-refractivity contribution in [1.82, 2.24) is 10.3 Å². The predicted molar refractivity (Wildman–Crippen MR) is 87.3 cm³/mol. The number of nitrogens with zero attached hydrogens (tertiary/aromatic N) is 1. The standard InChI is InChI=1S/C16H18N2O3S/c1-11-10-22-16(18-11)9-17-15(19)5-4-12-6-13(20-2)8-14(7-12)21-3/h4-8,10H,9H2,1-3H3,(H,17,19)/b5-4+. The van der Waals surface area contributed by atoms with E-state index in [0.717, 1.165) is 16.3 Å². The molecule has 0 saturated carbocycles. The van der Waals surface area contributed by atoms with Crippen molar-refractivity contribution in [3.8, 4) is 11.5 Å². The number of methoxy groups -OCH3 is 2. The summed E-state index contributed by atoms with van der Waals surface area (Å²) in [6.07, 6.45) is 3.20. The van der Waals surface area contributed by atoms with E-state index in [4.69, 9.17) is 9.47 Å². The fourth-order valence-electron chi connectivity index (χ4n) is 1.80. The summed E-state index contributed by atoms with van der Waals surface area (Å²) >= 11 is 1.53. The van der Waals surface area contributed by atoms with Crippen LogP contribution < -0.4 is 14.8 Å². The first-order valence-electron chi connectivity index (χ1n) is 6.70. The van der Waals surface area contributed by atoms with Crippen LogP contribution in [0.2, 0.25) is 0 Å². The van der Waals surface area contributed by atoms with Gasteiger partial charge < -0.3 is 14.8 Å². The van der Waals surface area contributed by atoms with Crippen molar-refractivity contribution < 1.29 is 14.3 Å². The molecule has 0 spiro atoms. The van der Waals surface area contributed by atoms with Gasteiger partial charge in [-0.2, -0.15) is 0 Å². The maximum absolute atomic E-state index is 11.8. The first-order chi connectivity index (χ1) is 10.6. The molecule has 1 amide bonds. The lowest BCUT2D eigenvalue weighted by molar-refractivity contribution is -0.116. The van der Waals surface area contributed by atoms with Gasteiger partial charge in [-0.3, -0.25) is 4.79 Å². The Morgan fingerprint density at radius 3 is 2.50 bits per heavy atom. The van der Waals surface area contributed by atoms with E-state index >= 15 is 0 Å². The van der Waals surface area contributed by atoms with Crippen LogP contribution in [0.4, 0.5) is 0 Å². The molecule has 0 bridgehead atoms. The second-order valence-electron chi connectivity index (χ2n) is 4.58. The highest BCUT2D eigenvalue weighted by Crippen LogP contribution is 2.23. The number of carbonyl (C=O) groups is 1. The minimum Gasteiger partial charge on any atom is -0.497 e. The minimum atomic E-state index is -0.172. The van der Waals surface area contributed by atoms with E-state index in [1.807, 2.05) is 24.4 Å². The van der Waals surface area contributed by atoms with Gasteiger partial charge in [-0.1, -0.05) is 0 Å². The van der Waals surface area contributed by atoms with Crippen molar-refractivity contribution in [2.24, 2.45) is 0 Å². The zero-order valence-corrected chi connectivity index (χ0v) is 13.6. The molecule has 2 rings (SSSR count). The highest BCUT2D eigenvalue weighted by Gasteiger charge is 2.02. The summed E-state index contributed by atoms with van der Waals surface area (Å²) in [5.41, 5.74) is 1.80. The van der Waals surface area contributed by atoms with Crippen LogP contribution in [0.15, 0.2) is 29.7 Å². The number of rotatable bonds is 6. The molecule has 0 aliphatic carbocycles. The Bertz CT molecular complexity index is 658. The largest absolute Gasteiger partial charge is 0.497 e. The summed E-state index contributed by atoms with van der Waals surface area (Å²) < 4.78 is 10.4. The fourth-order valence-corrected chi connectivity index (χ4v) is 2.51. The zero-order valence-electron chi connectivity index (χ0n) is 12.8. The molecule has 0 aliphatic rings. The molecular formula is C16H18N2O3S. The molecule has 2 aromatic rings. The normalized spacial score (nSPS) is 10.7. The van der Waals surface area contributed by atoms with E-state index in [9.17, 15) is 4.79 Å². The highest BCUT2D eigenvalue weighted by atomic mass is 32.1. The Morgan fingerprint density at radius 2 is 1.95 bits per heavy atom. The SMILES string of the molecule is COc1cc(/C=C/C(=O)NCc2nc(C)cs2)cc(OC)c1. The Kier molecular flexibility index (Phi) is 5.55. The first-order valence-corrected chi connectivity index (χ1v) is 7.58. The van der Waals surface area contributed by atoms with Crippen LogP contribution in [0.5, 0.6) is 11.5 Å². The number of aromatic nitrogens is 1. The average molecular weight is 318 g/mol. The van der Waals surface area contributed by atoms with Gasteiger partial charge in [-0.25, -0.2) is 4.98 Å². The summed E-state index contributed by atoms with van der Waals surface area (Å²) in [5.74, 6) is 1.19. The molecule has 0 aliphatic heterocycles. The van der Waals surface area contributed by atoms with Crippen molar-refractivity contribution >= 4 is 23.3 Å². The Balaban J connectivity index is 1.97. The van der Waals surface area contributed by atoms with E-state index in [2.05, 4.69) is 10.3 Å². The van der Waals surface area contributed by atoms with Crippen molar-refractivity contribution in [2.45, 2.75) is 13.5 Å². The van der Waals surface area contributed by atoms with Crippen molar-refractivity contribution in [3.63, 3.8) is 0 Å². The molecule has 0 radical (unpaired) electrons. The maximum Gasteiger partial charge on any atom is 0.244 e. The molecule has 1 heterocycles. The van der Waals surface area contributed by atoms with Crippen molar-refractivity contribution in [1.29, 1.82) is 0 Å². The van der Waals surface area contributed by atoms with E-state index in [1.165, 1.54) is 17.4 Å². The summed E-state index contributed by atoms with van der Waals surface area (Å²) in [7, 11) is 3.18. The average Bonchev–Trinajstić information content (AvgIpc) is 2.96. The molecule has 0 saturated heterocycles. The third kappa shape index (κ3) is 4.60. The molecule has 1 N–H and O–H groups in total. The van der Waals surface area contributed by atoms with Crippen LogP contribution in [-0.2, 0) is 11.3 Å². The van der Waals surface area contributed by atoms with Gasteiger partial charge in [0.1, 0.15) is 16.5 Å². The molecule has 22 heavy (non-hydrogen) atoms. The number of carbonyl (C=O) groups excluding carboxylic acids is 1. The smallest absolute Gasteiger partial charge is 0.244 e. The fraction of sp³-hybridized carbons (Fsp3) is 0.250. The van der Waals surface area contributed by atoms with Gasteiger partial charge in [0.05, 0.1) is 20.8 Å². The van der Waals surface area contributed by atoms with Gasteiger partial charge in [-0.05, 0) is 30.7 Å². The zero-order chi connectivity index (χ0) is 15.9. The second-order valence-corrected chi connectivity index (χ2v) is 5.52. The molecule has 0 unspecified atom stereocenters. The second kappa shape index (κ2) is 7.61. The lowest BCUT2D eigenvalue weighted by atomic mass is 10.2. The molecule has 5 nitrogen and oxygen atoms in total. The van der Waals surface area contributed by atoms with E-state index in [0.29, 0.717) is 18.0 Å². The lowest BCUT2D eigenvalue weighted by Gasteiger charge is -2.05. The monoisotopic (exact) mass is 318 g/mol. The molecule has 1 aromatic carbocycles. The molecule has 0 atom stereocenters. The van der Waals surface area contributed by atoms with Gasteiger partial charge in [0.2, 0.25) is 5.91 Å². The van der Waals surface area contributed by atoms with Crippen LogP contribution in [0.1, 0.15) is 16.3 Å². The Labute approximate surface area is 133 Å². The lowest BCUT2D eigenvalue weighted by Crippen LogP contribution is -2.20. The van der Waals surface area contributed by atoms with Crippen molar-refractivity contribution in [3.05, 3.63) is 45.9 Å². The van der Waals surface area contributed by atoms with Crippen LogP contribution in [-0.4, -0.2) is 25.1 Å². The number of thiazole rings is 1. The van der Waals surface area contributed by atoms with Gasteiger partial charge in [-0.15, -0.1) is 11.3 Å². The van der Waals surface area contributed by atoms with Gasteiger partial charge >= 0.3 is 0 Å². The summed E-state index contributed by atoms with van der Waals surface area (Å²) in [6.45, 7) is 2.36. The molecule has 0 fully saturated rings. The number of ether oxygens (including phenoxy) is 2. The number of benzene rings is 1. The van der Waals surface area contributed by atoms with Crippen LogP contribution in [0.3, 0.4) is 0 Å². The third-order valence-corrected chi connectivity index (χ3v) is 3.85. The van der Waals surface area contributed by atoms with E-state index < -0.39 is 0 Å². The molecule has 6 heteroatoms. The summed E-state index contributed by atoms with van der Waals surface area (Å²) in [4.78, 5) is 16.1. The Hall–Kier alpha value is -2.34. The van der Waals surface area contributed by atoms with Crippen LogP contribution in [0, 0.1) is 6.92 Å². The summed E-state index contributed by atoms with van der Waals surface area (Å²) in [6, 6.07) is 5.44. The molecule has 1 aromatic heterocycles. The minimum absolute atomic E-state index is 0.172. The van der Waals surface area contributed by atoms with Crippen LogP contribution >= 0.6 is 11.3 Å². The quantitative estimate of drug-likeness (QED) is 0.832. The predicted octanol–water partition coefficient (Wildman–Crippen LogP) is 2.80. The van der Waals surface area contributed by atoms with E-state index in [1.54, 1.807) is 26.4 Å². The maximum atomic E-state index is 11.8. The van der Waals surface area contributed by atoms with Gasteiger partial charge in [0.25, 0.3) is 0 Å².